The molecule has 0 unspecified atom stereocenters. The summed E-state index contributed by atoms with van der Waals surface area (Å²) in [6.07, 6.45) is 8.16. The average Bonchev–Trinajstić information content (AvgIpc) is 2.47. The predicted octanol–water partition coefficient (Wildman–Crippen LogP) is 1.87. The molecule has 0 fully saturated rings. The van der Waals surface area contributed by atoms with Gasteiger partial charge >= 0.3 is 0 Å². The molecule has 0 aliphatic heterocycles. The van der Waals surface area contributed by atoms with E-state index in [1.165, 1.54) is 26.4 Å². The first kappa shape index (κ1) is 14.7. The Labute approximate surface area is 118 Å². The van der Waals surface area contributed by atoms with Gasteiger partial charge in [-0.2, -0.15) is 0 Å². The van der Waals surface area contributed by atoms with Gasteiger partial charge < -0.3 is 19.7 Å². The van der Waals surface area contributed by atoms with E-state index in [2.05, 4.69) is 0 Å². The molecule has 1 aliphatic carbocycles. The molecule has 1 aromatic rings. The molecular formula is C16H18O4. The zero-order chi connectivity index (χ0) is 14.6. The normalized spacial score (nSPS) is 20.1. The Hall–Kier alpha value is -1.72. The van der Waals surface area contributed by atoms with Crippen LogP contribution in [-0.4, -0.2) is 36.0 Å². The Bertz CT molecular complexity index is 537. The van der Waals surface area contributed by atoms with Gasteiger partial charge in [0.2, 0.25) is 11.6 Å². The standard InChI is InChI=1S/C16H18O4/c1-19-16(20-2)12-14(10-11-15(16,17)18)9-8-13-6-4-3-5-7-13/h3-12,17-18H,1-2H3. The van der Waals surface area contributed by atoms with Crippen LogP contribution in [0.4, 0.5) is 0 Å². The second-order valence-electron chi connectivity index (χ2n) is 4.52. The summed E-state index contributed by atoms with van der Waals surface area (Å²) in [6, 6.07) is 9.80. The summed E-state index contributed by atoms with van der Waals surface area (Å²) in [5.41, 5.74) is 1.81. The first-order valence-corrected chi connectivity index (χ1v) is 6.23. The molecule has 0 aromatic heterocycles. The van der Waals surface area contributed by atoms with Gasteiger partial charge in [-0.3, -0.25) is 0 Å². The second-order valence-corrected chi connectivity index (χ2v) is 4.52. The van der Waals surface area contributed by atoms with Crippen molar-refractivity contribution in [3.63, 3.8) is 0 Å². The van der Waals surface area contributed by atoms with E-state index in [9.17, 15) is 10.2 Å². The minimum Gasteiger partial charge on any atom is -0.358 e. The average molecular weight is 274 g/mol. The van der Waals surface area contributed by atoms with Crippen LogP contribution in [0.5, 0.6) is 0 Å². The van der Waals surface area contributed by atoms with E-state index in [4.69, 9.17) is 9.47 Å². The van der Waals surface area contributed by atoms with Gasteiger partial charge in [-0.25, -0.2) is 0 Å². The predicted molar refractivity (Wildman–Crippen MR) is 76.6 cm³/mol. The van der Waals surface area contributed by atoms with Crippen LogP contribution in [0, 0.1) is 0 Å². The van der Waals surface area contributed by atoms with Crippen molar-refractivity contribution in [2.24, 2.45) is 0 Å². The third-order valence-electron chi connectivity index (χ3n) is 3.25. The van der Waals surface area contributed by atoms with Crippen molar-refractivity contribution in [2.45, 2.75) is 11.6 Å². The zero-order valence-corrected chi connectivity index (χ0v) is 11.5. The van der Waals surface area contributed by atoms with E-state index in [1.807, 2.05) is 42.5 Å². The lowest BCUT2D eigenvalue weighted by molar-refractivity contribution is -0.328. The molecular weight excluding hydrogens is 256 g/mol. The maximum Gasteiger partial charge on any atom is 0.248 e. The van der Waals surface area contributed by atoms with Crippen LogP contribution < -0.4 is 0 Å². The number of ether oxygens (including phenoxy) is 2. The van der Waals surface area contributed by atoms with Gasteiger partial charge in [0.1, 0.15) is 0 Å². The highest BCUT2D eigenvalue weighted by Gasteiger charge is 2.49. The van der Waals surface area contributed by atoms with Crippen LogP contribution in [0.1, 0.15) is 5.56 Å². The molecule has 0 heterocycles. The number of allylic oxidation sites excluding steroid dienone is 3. The van der Waals surface area contributed by atoms with E-state index >= 15 is 0 Å². The molecule has 0 atom stereocenters. The smallest absolute Gasteiger partial charge is 0.248 e. The van der Waals surface area contributed by atoms with Gasteiger partial charge in [0.25, 0.3) is 0 Å². The largest absolute Gasteiger partial charge is 0.358 e. The van der Waals surface area contributed by atoms with Crippen molar-refractivity contribution >= 4 is 6.08 Å². The number of methoxy groups -OCH3 is 2. The van der Waals surface area contributed by atoms with Crippen LogP contribution in [0.15, 0.2) is 60.2 Å². The van der Waals surface area contributed by atoms with Crippen molar-refractivity contribution in [3.8, 4) is 0 Å². The fourth-order valence-corrected chi connectivity index (χ4v) is 2.06. The Morgan fingerprint density at radius 1 is 1.00 bits per heavy atom. The third-order valence-corrected chi connectivity index (χ3v) is 3.25. The maximum atomic E-state index is 9.94. The first-order chi connectivity index (χ1) is 9.53. The highest BCUT2D eigenvalue weighted by molar-refractivity contribution is 5.55. The fourth-order valence-electron chi connectivity index (χ4n) is 2.06. The number of aliphatic hydroxyl groups is 2. The molecule has 20 heavy (non-hydrogen) atoms. The lowest BCUT2D eigenvalue weighted by Gasteiger charge is -2.39. The van der Waals surface area contributed by atoms with Crippen molar-refractivity contribution in [1.29, 1.82) is 0 Å². The van der Waals surface area contributed by atoms with Gasteiger partial charge in [0.05, 0.1) is 0 Å². The molecule has 0 radical (unpaired) electrons. The minimum atomic E-state index is -2.21. The quantitative estimate of drug-likeness (QED) is 0.823. The molecule has 0 saturated heterocycles. The molecule has 1 aliphatic rings. The Morgan fingerprint density at radius 2 is 1.65 bits per heavy atom. The number of benzene rings is 1. The zero-order valence-electron chi connectivity index (χ0n) is 11.5. The summed E-state index contributed by atoms with van der Waals surface area (Å²) in [6.45, 7) is 0. The van der Waals surface area contributed by atoms with E-state index in [0.29, 0.717) is 0 Å². The summed E-state index contributed by atoms with van der Waals surface area (Å²) >= 11 is 0. The molecule has 0 saturated carbocycles. The first-order valence-electron chi connectivity index (χ1n) is 6.23. The number of hydrogen-bond donors (Lipinski definition) is 2. The Kier molecular flexibility index (Phi) is 4.20. The van der Waals surface area contributed by atoms with Crippen molar-refractivity contribution in [2.75, 3.05) is 14.2 Å². The summed E-state index contributed by atoms with van der Waals surface area (Å²) in [7, 11) is 2.72. The van der Waals surface area contributed by atoms with Crippen LogP contribution in [0.2, 0.25) is 0 Å². The molecule has 1 aromatic carbocycles. The molecule has 2 N–H and O–H groups in total. The highest BCUT2D eigenvalue weighted by Crippen LogP contribution is 2.33. The lowest BCUT2D eigenvalue weighted by Crippen LogP contribution is -2.55. The van der Waals surface area contributed by atoms with Gasteiger partial charge in [0, 0.05) is 14.2 Å². The molecule has 0 amide bonds. The second kappa shape index (κ2) is 5.73. The summed E-state index contributed by atoms with van der Waals surface area (Å²) in [5.74, 6) is -3.82. The lowest BCUT2D eigenvalue weighted by atomic mass is 9.94. The van der Waals surface area contributed by atoms with Gasteiger partial charge in [-0.1, -0.05) is 48.6 Å². The van der Waals surface area contributed by atoms with Crippen LogP contribution in [0.25, 0.3) is 6.08 Å². The van der Waals surface area contributed by atoms with Crippen LogP contribution in [0.3, 0.4) is 0 Å². The molecule has 106 valence electrons. The highest BCUT2D eigenvalue weighted by atomic mass is 16.7. The molecule has 0 spiro atoms. The monoisotopic (exact) mass is 274 g/mol. The third kappa shape index (κ3) is 2.73. The Balaban J connectivity index is 2.28. The van der Waals surface area contributed by atoms with Gasteiger partial charge in [-0.05, 0) is 23.3 Å². The van der Waals surface area contributed by atoms with Crippen LogP contribution in [-0.2, 0) is 9.47 Å². The number of rotatable bonds is 4. The van der Waals surface area contributed by atoms with E-state index in [1.54, 1.807) is 6.08 Å². The maximum absolute atomic E-state index is 9.94. The van der Waals surface area contributed by atoms with Gasteiger partial charge in [0.15, 0.2) is 0 Å². The summed E-state index contributed by atoms with van der Waals surface area (Å²) < 4.78 is 10.3. The fraction of sp³-hybridized carbons (Fsp3) is 0.250. The van der Waals surface area contributed by atoms with Crippen molar-refractivity contribution in [1.82, 2.24) is 0 Å². The molecule has 4 heteroatoms. The SMILES string of the molecule is COC1(OC)C=C(C=Cc2ccccc2)C=CC1(O)O. The summed E-state index contributed by atoms with van der Waals surface area (Å²) in [5, 5.41) is 19.9. The van der Waals surface area contributed by atoms with Crippen LogP contribution >= 0.6 is 0 Å². The van der Waals surface area contributed by atoms with Crippen molar-refractivity contribution in [3.05, 3.63) is 65.8 Å². The minimum absolute atomic E-state index is 0.760. The Morgan fingerprint density at radius 3 is 2.25 bits per heavy atom. The van der Waals surface area contributed by atoms with Gasteiger partial charge in [-0.15, -0.1) is 0 Å². The topological polar surface area (TPSA) is 58.9 Å². The van der Waals surface area contributed by atoms with E-state index in [-0.39, 0.29) is 0 Å². The molecule has 4 nitrogen and oxygen atoms in total. The van der Waals surface area contributed by atoms with E-state index < -0.39 is 11.6 Å². The van der Waals surface area contributed by atoms with Crippen molar-refractivity contribution < 1.29 is 19.7 Å². The molecule has 0 bridgehead atoms. The van der Waals surface area contributed by atoms with E-state index in [0.717, 1.165) is 11.1 Å². The summed E-state index contributed by atoms with van der Waals surface area (Å²) in [4.78, 5) is 0. The number of hydrogen-bond acceptors (Lipinski definition) is 4. The molecule has 2 rings (SSSR count).